The molecule has 0 radical (unpaired) electrons. The molecule has 0 bridgehead atoms. The van der Waals surface area contributed by atoms with E-state index in [9.17, 15) is 13.2 Å². The van der Waals surface area contributed by atoms with Crippen molar-refractivity contribution in [1.82, 2.24) is 9.19 Å². The van der Waals surface area contributed by atoms with Gasteiger partial charge in [-0.25, -0.2) is 0 Å². The molecule has 1 heterocycles. The monoisotopic (exact) mass is 356 g/mol. The predicted molar refractivity (Wildman–Crippen MR) is 94.9 cm³/mol. The van der Waals surface area contributed by atoms with Crippen molar-refractivity contribution in [3.63, 3.8) is 0 Å². The van der Waals surface area contributed by atoms with E-state index in [4.69, 9.17) is 11.5 Å². The minimum atomic E-state index is -3.80. The van der Waals surface area contributed by atoms with Gasteiger partial charge in [-0.1, -0.05) is 23.8 Å². The lowest BCUT2D eigenvalue weighted by molar-refractivity contribution is -0.114. The largest absolute Gasteiger partial charge is 0.394 e. The Morgan fingerprint density at radius 2 is 1.80 bits per heavy atom. The second-order valence-corrected chi connectivity index (χ2v) is 7.36. The van der Waals surface area contributed by atoms with Crippen LogP contribution in [0, 0.1) is 6.92 Å². The summed E-state index contributed by atoms with van der Waals surface area (Å²) in [6.45, 7) is 1.88. The van der Waals surface area contributed by atoms with Crippen molar-refractivity contribution >= 4 is 32.9 Å². The number of hydrogen-bond donors (Lipinski definition) is 2. The highest BCUT2D eigenvalue weighted by molar-refractivity contribution is 7.90. The Bertz CT molecular complexity index is 1100. The second-order valence-electron chi connectivity index (χ2n) is 5.59. The molecular weight excluding hydrogens is 340 g/mol. The molecule has 7 nitrogen and oxygen atoms in total. The number of nitrogens with zero attached hydrogens (tertiary/aromatic N) is 2. The van der Waals surface area contributed by atoms with Crippen molar-refractivity contribution in [1.29, 1.82) is 0 Å². The molecule has 0 aliphatic carbocycles. The third kappa shape index (κ3) is 3.11. The molecule has 8 heteroatoms. The summed E-state index contributed by atoms with van der Waals surface area (Å²) in [6.07, 6.45) is 2.87. The highest BCUT2D eigenvalue weighted by Gasteiger charge is 2.20. The molecule has 0 saturated heterocycles. The zero-order valence-electron chi connectivity index (χ0n) is 13.4. The van der Waals surface area contributed by atoms with Gasteiger partial charge in [0, 0.05) is 5.39 Å². The molecule has 1 aromatic heterocycles. The van der Waals surface area contributed by atoms with Gasteiger partial charge in [-0.15, -0.1) is 0 Å². The maximum atomic E-state index is 12.8. The number of carbonyl (C=O) groups excluding carboxylic acids is 1. The topological polar surface area (TPSA) is 121 Å². The lowest BCUT2D eigenvalue weighted by atomic mass is 10.1. The molecule has 4 N–H and O–H groups in total. The van der Waals surface area contributed by atoms with Gasteiger partial charge in [-0.2, -0.15) is 17.6 Å². The van der Waals surface area contributed by atoms with Crippen molar-refractivity contribution in [3.05, 3.63) is 65.5 Å². The summed E-state index contributed by atoms with van der Waals surface area (Å²) < 4.78 is 26.5. The van der Waals surface area contributed by atoms with Gasteiger partial charge in [0.1, 0.15) is 0 Å². The molecule has 0 atom stereocenters. The summed E-state index contributed by atoms with van der Waals surface area (Å²) in [5, 5.41) is 4.61. The van der Waals surface area contributed by atoms with E-state index in [1.807, 2.05) is 6.92 Å². The average Bonchev–Trinajstić information content (AvgIpc) is 2.99. The highest BCUT2D eigenvalue weighted by Crippen LogP contribution is 2.22. The van der Waals surface area contributed by atoms with Gasteiger partial charge in [0.25, 0.3) is 15.9 Å². The number of rotatable bonds is 4. The van der Waals surface area contributed by atoms with E-state index < -0.39 is 15.9 Å². The number of hydrogen-bond acceptors (Lipinski definition) is 5. The molecule has 1 amide bonds. The van der Waals surface area contributed by atoms with E-state index in [1.165, 1.54) is 12.3 Å². The third-order valence-corrected chi connectivity index (χ3v) is 5.33. The summed E-state index contributed by atoms with van der Waals surface area (Å²) >= 11 is 0. The normalized spacial score (nSPS) is 12.4. The molecular formula is C17H16N4O3S. The number of benzene rings is 2. The van der Waals surface area contributed by atoms with Crippen LogP contribution in [0.15, 0.2) is 59.3 Å². The van der Waals surface area contributed by atoms with Crippen LogP contribution in [0.2, 0.25) is 0 Å². The smallest absolute Gasteiger partial charge is 0.283 e. The van der Waals surface area contributed by atoms with Crippen molar-refractivity contribution in [2.45, 2.75) is 11.8 Å². The van der Waals surface area contributed by atoms with Gasteiger partial charge in [-0.05, 0) is 42.8 Å². The molecule has 0 spiro atoms. The standard InChI is InChI=1S/C17H16N4O3S/c1-11-2-5-14(6-3-11)25(23,24)21-16-7-4-12(8-13(16)10-20-21)9-15(18)17(19)22/h2-10H,18H2,1H3,(H2,19,22)/b15-9-. The lowest BCUT2D eigenvalue weighted by Gasteiger charge is -2.06. The Hall–Kier alpha value is -3.13. The van der Waals surface area contributed by atoms with E-state index in [2.05, 4.69) is 5.10 Å². The van der Waals surface area contributed by atoms with Crippen molar-refractivity contribution in [3.8, 4) is 0 Å². The van der Waals surface area contributed by atoms with E-state index in [-0.39, 0.29) is 10.6 Å². The number of primary amides is 1. The SMILES string of the molecule is Cc1ccc(S(=O)(=O)n2ncc3cc(/C=C(\N)C(N)=O)ccc32)cc1. The first-order valence-electron chi connectivity index (χ1n) is 7.36. The van der Waals surface area contributed by atoms with Gasteiger partial charge in [0.05, 0.1) is 22.3 Å². The fraction of sp³-hybridized carbons (Fsp3) is 0.0588. The summed E-state index contributed by atoms with van der Waals surface area (Å²) in [4.78, 5) is 11.2. The van der Waals surface area contributed by atoms with Crippen LogP contribution in [0.1, 0.15) is 11.1 Å². The molecule has 0 saturated carbocycles. The van der Waals surface area contributed by atoms with Crippen LogP contribution < -0.4 is 11.5 Å². The van der Waals surface area contributed by atoms with Crippen LogP contribution in [0.4, 0.5) is 0 Å². The van der Waals surface area contributed by atoms with E-state index >= 15 is 0 Å². The van der Waals surface area contributed by atoms with Crippen LogP contribution in [0.5, 0.6) is 0 Å². The molecule has 3 rings (SSSR count). The molecule has 2 aromatic carbocycles. The Morgan fingerprint density at radius 1 is 1.12 bits per heavy atom. The average molecular weight is 356 g/mol. The maximum absolute atomic E-state index is 12.8. The van der Waals surface area contributed by atoms with Crippen molar-refractivity contribution in [2.75, 3.05) is 0 Å². The van der Waals surface area contributed by atoms with Crippen LogP contribution in [0.3, 0.4) is 0 Å². The molecule has 3 aromatic rings. The fourth-order valence-corrected chi connectivity index (χ4v) is 3.65. The van der Waals surface area contributed by atoms with Gasteiger partial charge in [0.15, 0.2) is 0 Å². The first-order chi connectivity index (χ1) is 11.8. The minimum Gasteiger partial charge on any atom is -0.394 e. The van der Waals surface area contributed by atoms with E-state index in [1.54, 1.807) is 42.5 Å². The number of amides is 1. The van der Waals surface area contributed by atoms with Crippen molar-refractivity contribution < 1.29 is 13.2 Å². The zero-order chi connectivity index (χ0) is 18.2. The quantitative estimate of drug-likeness (QED) is 0.684. The lowest BCUT2D eigenvalue weighted by Crippen LogP contribution is -2.19. The van der Waals surface area contributed by atoms with Gasteiger partial charge in [0.2, 0.25) is 0 Å². The second kappa shape index (κ2) is 6.06. The van der Waals surface area contributed by atoms with E-state index in [0.29, 0.717) is 16.5 Å². The summed E-state index contributed by atoms with van der Waals surface area (Å²) in [6, 6.07) is 11.5. The maximum Gasteiger partial charge on any atom is 0.283 e. The number of fused-ring (bicyclic) bond motifs is 1. The molecule has 25 heavy (non-hydrogen) atoms. The van der Waals surface area contributed by atoms with Gasteiger partial charge in [-0.3, -0.25) is 4.79 Å². The first-order valence-corrected chi connectivity index (χ1v) is 8.80. The van der Waals surface area contributed by atoms with E-state index in [0.717, 1.165) is 9.65 Å². The van der Waals surface area contributed by atoms with Crippen molar-refractivity contribution in [2.24, 2.45) is 11.5 Å². The molecule has 0 fully saturated rings. The fourth-order valence-electron chi connectivity index (χ4n) is 2.37. The predicted octanol–water partition coefficient (Wildman–Crippen LogP) is 1.37. The number of aryl methyl sites for hydroxylation is 1. The van der Waals surface area contributed by atoms with Crippen LogP contribution >= 0.6 is 0 Å². The third-order valence-electron chi connectivity index (χ3n) is 3.71. The minimum absolute atomic E-state index is 0.0842. The summed E-state index contributed by atoms with van der Waals surface area (Å²) in [7, 11) is -3.80. The zero-order valence-corrected chi connectivity index (χ0v) is 14.2. The van der Waals surface area contributed by atoms with Gasteiger partial charge >= 0.3 is 0 Å². The van der Waals surface area contributed by atoms with Crippen LogP contribution in [0.25, 0.3) is 17.0 Å². The van der Waals surface area contributed by atoms with Crippen LogP contribution in [-0.2, 0) is 14.8 Å². The highest BCUT2D eigenvalue weighted by atomic mass is 32.2. The number of aromatic nitrogens is 2. The summed E-state index contributed by atoms with van der Waals surface area (Å²) in [5.74, 6) is -0.724. The van der Waals surface area contributed by atoms with Crippen LogP contribution in [-0.4, -0.2) is 23.5 Å². The molecule has 0 aliphatic heterocycles. The summed E-state index contributed by atoms with van der Waals surface area (Å²) in [5.41, 5.74) is 12.6. The Kier molecular flexibility index (Phi) is 4.05. The number of carbonyl (C=O) groups is 1. The molecule has 128 valence electrons. The number of nitrogens with two attached hydrogens (primary N) is 2. The Labute approximate surface area is 144 Å². The molecule has 0 unspecified atom stereocenters. The Balaban J connectivity index is 2.08. The molecule has 0 aliphatic rings. The first kappa shape index (κ1) is 16.7. The van der Waals surface area contributed by atoms with Gasteiger partial charge < -0.3 is 11.5 Å². The Morgan fingerprint density at radius 3 is 2.44 bits per heavy atom.